The molecule has 0 radical (unpaired) electrons. The molecule has 3 nitrogen and oxygen atoms in total. The average Bonchev–Trinajstić information content (AvgIpc) is 3.76. The molecule has 0 unspecified atom stereocenters. The fraction of sp³-hybridized carbons (Fsp3) is 0. The minimum absolute atomic E-state index is 0.895. The molecular weight excluding hydrogens is 669 g/mol. The Hall–Kier alpha value is -7.36. The van der Waals surface area contributed by atoms with Crippen molar-refractivity contribution in [1.29, 1.82) is 0 Å². The average molecular weight is 701 g/mol. The van der Waals surface area contributed by atoms with Crippen LogP contribution in [0.3, 0.4) is 0 Å². The largest absolute Gasteiger partial charge is 0.456 e. The first kappa shape index (κ1) is 30.1. The first-order chi connectivity index (χ1) is 27.3. The Morgan fingerprint density at radius 3 is 1.76 bits per heavy atom. The zero-order chi connectivity index (χ0) is 36.0. The van der Waals surface area contributed by atoms with Crippen LogP contribution in [-0.2, 0) is 0 Å². The number of nitrogens with zero attached hydrogens (tertiary/aromatic N) is 2. The molecule has 3 heterocycles. The molecular formula is C52H32N2O. The predicted octanol–water partition coefficient (Wildman–Crippen LogP) is 14.1. The van der Waals surface area contributed by atoms with E-state index in [0.29, 0.717) is 0 Å². The van der Waals surface area contributed by atoms with Crippen LogP contribution in [0.4, 0.5) is 0 Å². The molecule has 3 heteroatoms. The van der Waals surface area contributed by atoms with Crippen molar-refractivity contribution in [1.82, 2.24) is 9.13 Å². The lowest BCUT2D eigenvalue weighted by Crippen LogP contribution is -1.98. The molecule has 2 aromatic heterocycles. The topological polar surface area (TPSA) is 19.1 Å². The summed E-state index contributed by atoms with van der Waals surface area (Å²) in [5.41, 5.74) is 14.1. The Morgan fingerprint density at radius 1 is 0.291 bits per heavy atom. The molecule has 1 aliphatic rings. The van der Waals surface area contributed by atoms with Crippen LogP contribution < -0.4 is 4.74 Å². The second kappa shape index (κ2) is 11.6. The van der Waals surface area contributed by atoms with Crippen LogP contribution in [0.15, 0.2) is 194 Å². The highest BCUT2D eigenvalue weighted by Crippen LogP contribution is 2.50. The van der Waals surface area contributed by atoms with Gasteiger partial charge in [-0.05, 0) is 87.8 Å². The van der Waals surface area contributed by atoms with Gasteiger partial charge in [0.15, 0.2) is 0 Å². The summed E-state index contributed by atoms with van der Waals surface area (Å²) in [6.45, 7) is 0. The highest BCUT2D eigenvalue weighted by molar-refractivity contribution is 6.26. The first-order valence-electron chi connectivity index (χ1n) is 18.8. The maximum Gasteiger partial charge on any atom is 0.138 e. The molecule has 11 aromatic rings. The molecule has 55 heavy (non-hydrogen) atoms. The molecule has 0 N–H and O–H groups in total. The Bertz CT molecular complexity index is 3320. The number of rotatable bonds is 4. The summed E-state index contributed by atoms with van der Waals surface area (Å²) in [6.07, 6.45) is 0. The number of para-hydroxylation sites is 3. The van der Waals surface area contributed by atoms with Gasteiger partial charge >= 0.3 is 0 Å². The Kier molecular flexibility index (Phi) is 6.34. The van der Waals surface area contributed by atoms with E-state index in [9.17, 15) is 0 Å². The molecule has 0 saturated heterocycles. The SMILES string of the molecule is c1ccc(-c2ccc(-n3c4ccccc4c4ccc(-c5ccc6c(c5)c5c7cccc8c7c(cc5n6-c5ccccc5)Oc5ccccc5-8)cc43)cc2)cc1. The number of fused-ring (bicyclic) bond motifs is 9. The lowest BCUT2D eigenvalue weighted by molar-refractivity contribution is 0.487. The van der Waals surface area contributed by atoms with Gasteiger partial charge in [-0.1, -0.05) is 133 Å². The van der Waals surface area contributed by atoms with Crippen molar-refractivity contribution in [2.45, 2.75) is 0 Å². The molecule has 256 valence electrons. The first-order valence-corrected chi connectivity index (χ1v) is 18.8. The molecule has 0 saturated carbocycles. The van der Waals surface area contributed by atoms with Crippen molar-refractivity contribution in [3.63, 3.8) is 0 Å². The molecule has 0 bridgehead atoms. The van der Waals surface area contributed by atoms with E-state index < -0.39 is 0 Å². The van der Waals surface area contributed by atoms with Gasteiger partial charge in [0.1, 0.15) is 11.5 Å². The van der Waals surface area contributed by atoms with Crippen molar-refractivity contribution in [3.05, 3.63) is 194 Å². The van der Waals surface area contributed by atoms with Gasteiger partial charge in [0, 0.05) is 49.9 Å². The normalized spacial score (nSPS) is 12.1. The van der Waals surface area contributed by atoms with Crippen molar-refractivity contribution in [3.8, 4) is 56.3 Å². The summed E-state index contributed by atoms with van der Waals surface area (Å²) in [5.74, 6) is 1.79. The van der Waals surface area contributed by atoms with Crippen LogP contribution in [0.2, 0.25) is 0 Å². The maximum absolute atomic E-state index is 6.66. The lowest BCUT2D eigenvalue weighted by atomic mass is 9.92. The van der Waals surface area contributed by atoms with Crippen molar-refractivity contribution in [2.75, 3.05) is 0 Å². The van der Waals surface area contributed by atoms with E-state index in [0.717, 1.165) is 39.3 Å². The summed E-state index contributed by atoms with van der Waals surface area (Å²) < 4.78 is 11.5. The smallest absolute Gasteiger partial charge is 0.138 e. The van der Waals surface area contributed by atoms with E-state index in [-0.39, 0.29) is 0 Å². The molecule has 0 amide bonds. The van der Waals surface area contributed by atoms with Crippen molar-refractivity contribution >= 4 is 54.4 Å². The standard InChI is InChI=1S/C52H32N2O/c1-3-12-33(13-4-1)34-22-26-38(27-23-34)53-45-20-9-7-16-39(45)40-28-24-36(31-47(40)53)35-25-29-46-44(30-35)51-43-19-11-18-42-41-17-8-10-21-49(41)55-50(52(42)43)32-48(51)54(46)37-14-5-2-6-15-37/h1-32H. The molecule has 1 aliphatic heterocycles. The molecule has 0 spiro atoms. The summed E-state index contributed by atoms with van der Waals surface area (Å²) in [7, 11) is 0. The molecule has 0 fully saturated rings. The van der Waals surface area contributed by atoms with E-state index >= 15 is 0 Å². The highest BCUT2D eigenvalue weighted by Gasteiger charge is 2.25. The highest BCUT2D eigenvalue weighted by atomic mass is 16.5. The van der Waals surface area contributed by atoms with Gasteiger partial charge < -0.3 is 13.9 Å². The Balaban J connectivity index is 1.09. The summed E-state index contributed by atoms with van der Waals surface area (Å²) >= 11 is 0. The van der Waals surface area contributed by atoms with E-state index in [1.807, 2.05) is 6.07 Å². The van der Waals surface area contributed by atoms with Crippen LogP contribution >= 0.6 is 0 Å². The second-order valence-corrected chi connectivity index (χ2v) is 14.5. The van der Waals surface area contributed by atoms with E-state index in [1.54, 1.807) is 0 Å². The summed E-state index contributed by atoms with van der Waals surface area (Å²) in [4.78, 5) is 0. The summed E-state index contributed by atoms with van der Waals surface area (Å²) in [6, 6.07) is 70.2. The summed E-state index contributed by atoms with van der Waals surface area (Å²) in [5, 5.41) is 7.31. The third-order valence-electron chi connectivity index (χ3n) is 11.5. The number of aromatic nitrogens is 2. The fourth-order valence-corrected chi connectivity index (χ4v) is 9.05. The van der Waals surface area contributed by atoms with Crippen molar-refractivity contribution in [2.24, 2.45) is 0 Å². The predicted molar refractivity (Wildman–Crippen MR) is 229 cm³/mol. The Morgan fingerprint density at radius 2 is 0.891 bits per heavy atom. The van der Waals surface area contributed by atoms with Gasteiger partial charge in [-0.2, -0.15) is 0 Å². The number of hydrogen-bond donors (Lipinski definition) is 0. The van der Waals surface area contributed by atoms with E-state index in [2.05, 4.69) is 197 Å². The van der Waals surface area contributed by atoms with Gasteiger partial charge in [0.05, 0.1) is 22.1 Å². The lowest BCUT2D eigenvalue weighted by Gasteiger charge is -2.22. The van der Waals surface area contributed by atoms with Crippen LogP contribution in [0.1, 0.15) is 0 Å². The van der Waals surface area contributed by atoms with Gasteiger partial charge in [0.2, 0.25) is 0 Å². The van der Waals surface area contributed by atoms with Crippen LogP contribution in [0.25, 0.3) is 99.1 Å². The third-order valence-corrected chi connectivity index (χ3v) is 11.5. The molecule has 12 rings (SSSR count). The van der Waals surface area contributed by atoms with Crippen LogP contribution in [0.5, 0.6) is 11.5 Å². The monoisotopic (exact) mass is 700 g/mol. The van der Waals surface area contributed by atoms with Gasteiger partial charge in [-0.15, -0.1) is 0 Å². The maximum atomic E-state index is 6.66. The number of ether oxygens (including phenoxy) is 1. The number of hydrogen-bond acceptors (Lipinski definition) is 1. The van der Waals surface area contributed by atoms with E-state index in [1.165, 1.54) is 71.3 Å². The van der Waals surface area contributed by atoms with Crippen LogP contribution in [-0.4, -0.2) is 9.13 Å². The zero-order valence-corrected chi connectivity index (χ0v) is 29.8. The third kappa shape index (κ3) is 4.44. The van der Waals surface area contributed by atoms with E-state index in [4.69, 9.17) is 4.74 Å². The minimum Gasteiger partial charge on any atom is -0.456 e. The Labute approximate surface area is 317 Å². The fourth-order valence-electron chi connectivity index (χ4n) is 9.05. The minimum atomic E-state index is 0.895. The quantitative estimate of drug-likeness (QED) is 0.179. The van der Waals surface area contributed by atoms with Gasteiger partial charge in [-0.25, -0.2) is 0 Å². The van der Waals surface area contributed by atoms with Gasteiger partial charge in [-0.3, -0.25) is 0 Å². The number of benzene rings is 9. The van der Waals surface area contributed by atoms with Crippen LogP contribution in [0, 0.1) is 0 Å². The molecule has 0 aliphatic carbocycles. The second-order valence-electron chi connectivity index (χ2n) is 14.5. The zero-order valence-electron chi connectivity index (χ0n) is 29.8. The van der Waals surface area contributed by atoms with Crippen molar-refractivity contribution < 1.29 is 4.74 Å². The molecule has 0 atom stereocenters. The molecule has 9 aromatic carbocycles. The van der Waals surface area contributed by atoms with Gasteiger partial charge in [0.25, 0.3) is 0 Å².